The van der Waals surface area contributed by atoms with E-state index in [-0.39, 0.29) is 5.78 Å². The zero-order valence-electron chi connectivity index (χ0n) is 9.62. The summed E-state index contributed by atoms with van der Waals surface area (Å²) >= 11 is 0. The second-order valence-corrected chi connectivity index (χ2v) is 3.78. The molecule has 0 saturated carbocycles. The molecule has 0 amide bonds. The van der Waals surface area contributed by atoms with E-state index in [4.69, 9.17) is 0 Å². The average Bonchev–Trinajstić information content (AvgIpc) is 2.24. The maximum absolute atomic E-state index is 11.5. The van der Waals surface area contributed by atoms with E-state index in [1.165, 1.54) is 6.08 Å². The highest BCUT2D eigenvalue weighted by Crippen LogP contribution is 2.18. The van der Waals surface area contributed by atoms with Gasteiger partial charge in [-0.05, 0) is 36.6 Å². The van der Waals surface area contributed by atoms with Gasteiger partial charge in [0.05, 0.1) is 5.69 Å². The van der Waals surface area contributed by atoms with Crippen LogP contribution >= 0.6 is 0 Å². The van der Waals surface area contributed by atoms with Crippen LogP contribution in [0.15, 0.2) is 23.2 Å². The molecule has 0 aromatic heterocycles. The average molecular weight is 217 g/mol. The largest absolute Gasteiger partial charge is 0.299 e. The summed E-state index contributed by atoms with van der Waals surface area (Å²) in [6, 6.07) is 5.38. The van der Waals surface area contributed by atoms with Gasteiger partial charge in [0.1, 0.15) is 5.78 Å². The Labute approximate surface area is 95.2 Å². The molecule has 0 fully saturated rings. The molecule has 0 bridgehead atoms. The Bertz CT molecular complexity index is 432. The summed E-state index contributed by atoms with van der Waals surface area (Å²) in [5.41, 5.74) is 2.55. The Balaban J connectivity index is 2.89. The first-order chi connectivity index (χ1) is 7.67. The molecular weight excluding hydrogens is 202 g/mol. The molecule has 1 aromatic rings. The Kier molecular flexibility index (Phi) is 4.62. The van der Waals surface area contributed by atoms with E-state index in [2.05, 4.69) is 4.99 Å². The Hall–Kier alpha value is -1.73. The number of Topliss-reactive ketones (excluding diaryl/α,β-unsaturated/α-hetero) is 1. The van der Waals surface area contributed by atoms with Crippen molar-refractivity contribution in [2.45, 2.75) is 33.1 Å². The second-order valence-electron chi connectivity index (χ2n) is 3.78. The number of nitrogens with zero attached hydrogens (tertiary/aromatic N) is 1. The maximum atomic E-state index is 11.5. The molecule has 0 aliphatic heterocycles. The highest BCUT2D eigenvalue weighted by Gasteiger charge is 2.06. The normalized spacial score (nSPS) is 9.62. The molecule has 84 valence electrons. The third-order valence-electron chi connectivity index (χ3n) is 2.42. The lowest BCUT2D eigenvalue weighted by Gasteiger charge is -2.05. The van der Waals surface area contributed by atoms with Gasteiger partial charge in [0, 0.05) is 12.8 Å². The Morgan fingerprint density at radius 1 is 1.44 bits per heavy atom. The quantitative estimate of drug-likeness (QED) is 0.562. The smallest absolute Gasteiger partial charge is 0.240 e. The number of hydrogen-bond acceptors (Lipinski definition) is 3. The molecule has 1 aromatic carbocycles. The summed E-state index contributed by atoms with van der Waals surface area (Å²) in [5.74, 6) is 0.220. The van der Waals surface area contributed by atoms with Crippen LogP contribution in [-0.4, -0.2) is 11.9 Å². The van der Waals surface area contributed by atoms with Crippen LogP contribution in [0, 0.1) is 6.92 Å². The molecule has 0 atom stereocenters. The minimum Gasteiger partial charge on any atom is -0.299 e. The lowest BCUT2D eigenvalue weighted by Crippen LogP contribution is -2.03. The number of aliphatic imine (C=N–C) groups is 1. The van der Waals surface area contributed by atoms with Gasteiger partial charge in [0.25, 0.3) is 0 Å². The van der Waals surface area contributed by atoms with E-state index in [1.807, 2.05) is 19.9 Å². The molecule has 1 rings (SSSR count). The standard InChI is InChI=1S/C13H15NO2/c1-3-4-13(16)8-11-7-12(14-9-15)6-5-10(11)2/h5-7H,3-4,8H2,1-2H3. The summed E-state index contributed by atoms with van der Waals surface area (Å²) < 4.78 is 0. The van der Waals surface area contributed by atoms with Crippen LogP contribution in [0.2, 0.25) is 0 Å². The Morgan fingerprint density at radius 3 is 2.81 bits per heavy atom. The van der Waals surface area contributed by atoms with Gasteiger partial charge >= 0.3 is 0 Å². The number of carbonyl (C=O) groups is 1. The molecule has 0 aliphatic rings. The number of hydrogen-bond donors (Lipinski definition) is 0. The second kappa shape index (κ2) is 5.99. The van der Waals surface area contributed by atoms with E-state index in [0.717, 1.165) is 17.5 Å². The van der Waals surface area contributed by atoms with Crippen molar-refractivity contribution in [1.82, 2.24) is 0 Å². The first kappa shape index (κ1) is 12.3. The number of benzene rings is 1. The van der Waals surface area contributed by atoms with Crippen LogP contribution in [0.25, 0.3) is 0 Å². The molecule has 3 nitrogen and oxygen atoms in total. The van der Waals surface area contributed by atoms with Crippen molar-refractivity contribution in [3.63, 3.8) is 0 Å². The highest BCUT2D eigenvalue weighted by molar-refractivity contribution is 5.81. The summed E-state index contributed by atoms with van der Waals surface area (Å²) in [6.45, 7) is 3.93. The minimum atomic E-state index is 0.220. The van der Waals surface area contributed by atoms with Gasteiger partial charge in [-0.3, -0.25) is 4.79 Å². The topological polar surface area (TPSA) is 46.5 Å². The first-order valence-electron chi connectivity index (χ1n) is 5.36. The third-order valence-corrected chi connectivity index (χ3v) is 2.42. The fraction of sp³-hybridized carbons (Fsp3) is 0.385. The molecule has 0 saturated heterocycles. The van der Waals surface area contributed by atoms with Crippen LogP contribution in [0.5, 0.6) is 0 Å². The number of carbonyl (C=O) groups excluding carboxylic acids is 2. The summed E-state index contributed by atoms with van der Waals surface area (Å²) in [7, 11) is 0. The SMILES string of the molecule is CCCC(=O)Cc1cc(N=C=O)ccc1C. The number of rotatable bonds is 5. The lowest BCUT2D eigenvalue weighted by atomic mass is 10.0. The number of ketones is 1. The maximum Gasteiger partial charge on any atom is 0.240 e. The number of aryl methyl sites for hydroxylation is 1. The van der Waals surface area contributed by atoms with E-state index < -0.39 is 0 Å². The first-order valence-corrected chi connectivity index (χ1v) is 5.36. The van der Waals surface area contributed by atoms with E-state index in [0.29, 0.717) is 18.5 Å². The van der Waals surface area contributed by atoms with Gasteiger partial charge in [-0.2, -0.15) is 4.99 Å². The molecule has 0 radical (unpaired) electrons. The zero-order chi connectivity index (χ0) is 12.0. The fourth-order valence-corrected chi connectivity index (χ4v) is 1.55. The minimum absolute atomic E-state index is 0.220. The van der Waals surface area contributed by atoms with Crippen LogP contribution in [0.3, 0.4) is 0 Å². The van der Waals surface area contributed by atoms with Crippen molar-refractivity contribution in [1.29, 1.82) is 0 Å². The predicted octanol–water partition coefficient (Wildman–Crippen LogP) is 2.87. The van der Waals surface area contributed by atoms with Crippen LogP contribution in [0.4, 0.5) is 5.69 Å². The molecule has 3 heteroatoms. The van der Waals surface area contributed by atoms with Crippen molar-refractivity contribution < 1.29 is 9.59 Å². The van der Waals surface area contributed by atoms with Crippen LogP contribution in [0.1, 0.15) is 30.9 Å². The van der Waals surface area contributed by atoms with Gasteiger partial charge < -0.3 is 0 Å². The predicted molar refractivity (Wildman–Crippen MR) is 62.6 cm³/mol. The van der Waals surface area contributed by atoms with Crippen molar-refractivity contribution >= 4 is 17.6 Å². The van der Waals surface area contributed by atoms with Crippen LogP contribution in [-0.2, 0) is 16.0 Å². The van der Waals surface area contributed by atoms with Crippen molar-refractivity contribution in [2.75, 3.05) is 0 Å². The zero-order valence-corrected chi connectivity index (χ0v) is 9.62. The third kappa shape index (κ3) is 3.44. The number of isocyanates is 1. The molecule has 0 spiro atoms. The van der Waals surface area contributed by atoms with Crippen molar-refractivity contribution in [2.24, 2.45) is 4.99 Å². The van der Waals surface area contributed by atoms with Crippen LogP contribution < -0.4 is 0 Å². The van der Waals surface area contributed by atoms with Gasteiger partial charge in [-0.15, -0.1) is 0 Å². The van der Waals surface area contributed by atoms with Gasteiger partial charge in [-0.1, -0.05) is 13.0 Å². The Morgan fingerprint density at radius 2 is 2.19 bits per heavy atom. The van der Waals surface area contributed by atoms with E-state index in [9.17, 15) is 9.59 Å². The monoisotopic (exact) mass is 217 g/mol. The summed E-state index contributed by atoms with van der Waals surface area (Å²) in [4.78, 5) is 25.2. The molecule has 0 N–H and O–H groups in total. The molecule has 0 unspecified atom stereocenters. The molecule has 0 aliphatic carbocycles. The fourth-order valence-electron chi connectivity index (χ4n) is 1.55. The summed E-state index contributed by atoms with van der Waals surface area (Å²) in [5, 5.41) is 0. The van der Waals surface area contributed by atoms with E-state index in [1.54, 1.807) is 12.1 Å². The van der Waals surface area contributed by atoms with E-state index >= 15 is 0 Å². The van der Waals surface area contributed by atoms with Gasteiger partial charge in [-0.25, -0.2) is 4.79 Å². The molecular formula is C13H15NO2. The summed E-state index contributed by atoms with van der Waals surface area (Å²) in [6.07, 6.45) is 3.38. The highest BCUT2D eigenvalue weighted by atomic mass is 16.1. The van der Waals surface area contributed by atoms with Crippen molar-refractivity contribution in [3.05, 3.63) is 29.3 Å². The van der Waals surface area contributed by atoms with Gasteiger partial charge in [0.2, 0.25) is 6.08 Å². The lowest BCUT2D eigenvalue weighted by molar-refractivity contribution is -0.118. The van der Waals surface area contributed by atoms with Gasteiger partial charge in [0.15, 0.2) is 0 Å². The molecule has 0 heterocycles. The molecule has 16 heavy (non-hydrogen) atoms. The van der Waals surface area contributed by atoms with Crippen molar-refractivity contribution in [3.8, 4) is 0 Å².